The Morgan fingerprint density at radius 2 is 1.85 bits per heavy atom. The highest BCUT2D eigenvalue weighted by Gasteiger charge is 2.28. The molecule has 0 spiro atoms. The average Bonchev–Trinajstić information content (AvgIpc) is 2.83. The van der Waals surface area contributed by atoms with E-state index >= 15 is 0 Å². The van der Waals surface area contributed by atoms with Crippen LogP contribution in [0, 0.1) is 6.92 Å². The number of carbonyl (C=O) groups excluding carboxylic acids is 2. The Morgan fingerprint density at radius 3 is 2.52 bits per heavy atom. The number of nitrogens with zero attached hydrogens (tertiary/aromatic N) is 2. The third-order valence-electron chi connectivity index (χ3n) is 4.86. The summed E-state index contributed by atoms with van der Waals surface area (Å²) in [7, 11) is -2.39. The van der Waals surface area contributed by atoms with E-state index in [1.165, 1.54) is 23.7 Å². The number of methoxy groups -OCH3 is 1. The number of aryl methyl sites for hydroxylation is 1. The second-order valence-electron chi connectivity index (χ2n) is 7.17. The fourth-order valence-electron chi connectivity index (χ4n) is 3.10. The molecule has 0 atom stereocenters. The first-order chi connectivity index (χ1) is 15.8. The molecule has 10 nitrogen and oxygen atoms in total. The van der Waals surface area contributed by atoms with Crippen LogP contribution >= 0.6 is 0 Å². The summed E-state index contributed by atoms with van der Waals surface area (Å²) in [6, 6.07) is 11.2. The van der Waals surface area contributed by atoms with E-state index in [1.54, 1.807) is 43.3 Å². The second-order valence-corrected chi connectivity index (χ2v) is 9.07. The maximum absolute atomic E-state index is 13.0. The number of hydrogen-bond donors (Lipinski definition) is 1. The molecule has 0 saturated carbocycles. The van der Waals surface area contributed by atoms with E-state index in [4.69, 9.17) is 9.57 Å². The molecule has 176 valence electrons. The lowest BCUT2D eigenvalue weighted by Gasteiger charge is -2.26. The quantitative estimate of drug-likeness (QED) is 0.351. The SMILES string of the molecule is COC(=O)c1ccc(/C=N/OCC(=O)Nc2ccc(C)c(S(=O)(=O)N3CCOCC3)c2)cc1. The highest BCUT2D eigenvalue weighted by molar-refractivity contribution is 7.89. The molecule has 0 radical (unpaired) electrons. The molecule has 0 aromatic heterocycles. The lowest BCUT2D eigenvalue weighted by molar-refractivity contribution is -0.120. The molecule has 0 aliphatic carbocycles. The Kier molecular flexibility index (Phi) is 8.15. The van der Waals surface area contributed by atoms with E-state index in [2.05, 4.69) is 15.2 Å². The number of carbonyl (C=O) groups is 2. The molecule has 1 aliphatic heterocycles. The summed E-state index contributed by atoms with van der Waals surface area (Å²) in [5.74, 6) is -0.935. The van der Waals surface area contributed by atoms with Crippen LogP contribution in [0.5, 0.6) is 0 Å². The van der Waals surface area contributed by atoms with E-state index in [0.29, 0.717) is 35.6 Å². The van der Waals surface area contributed by atoms with Gasteiger partial charge in [0.2, 0.25) is 10.0 Å². The van der Waals surface area contributed by atoms with Crippen molar-refractivity contribution in [1.29, 1.82) is 0 Å². The molecular formula is C22H25N3O7S. The zero-order valence-electron chi connectivity index (χ0n) is 18.3. The molecule has 1 saturated heterocycles. The van der Waals surface area contributed by atoms with Gasteiger partial charge in [0.15, 0.2) is 6.61 Å². The third kappa shape index (κ3) is 6.37. The Hall–Kier alpha value is -3.28. The number of benzene rings is 2. The van der Waals surface area contributed by atoms with Crippen LogP contribution in [0.4, 0.5) is 5.69 Å². The molecule has 11 heteroatoms. The van der Waals surface area contributed by atoms with Crippen LogP contribution in [-0.4, -0.2) is 70.8 Å². The first-order valence-corrected chi connectivity index (χ1v) is 11.6. The number of nitrogens with one attached hydrogen (secondary N) is 1. The zero-order chi connectivity index (χ0) is 23.8. The van der Waals surface area contributed by atoms with Crippen molar-refractivity contribution in [3.63, 3.8) is 0 Å². The molecule has 1 heterocycles. The number of rotatable bonds is 8. The topological polar surface area (TPSA) is 124 Å². The number of oxime groups is 1. The molecule has 33 heavy (non-hydrogen) atoms. The average molecular weight is 476 g/mol. The number of hydrogen-bond acceptors (Lipinski definition) is 8. The van der Waals surface area contributed by atoms with Gasteiger partial charge in [-0.05, 0) is 42.3 Å². The number of anilines is 1. The number of sulfonamides is 1. The maximum atomic E-state index is 13.0. The van der Waals surface area contributed by atoms with Gasteiger partial charge in [-0.1, -0.05) is 23.4 Å². The molecule has 0 bridgehead atoms. The van der Waals surface area contributed by atoms with Gasteiger partial charge in [-0.15, -0.1) is 0 Å². The summed E-state index contributed by atoms with van der Waals surface area (Å²) >= 11 is 0. The van der Waals surface area contributed by atoms with E-state index in [1.807, 2.05) is 0 Å². The zero-order valence-corrected chi connectivity index (χ0v) is 19.1. The van der Waals surface area contributed by atoms with E-state index in [0.717, 1.165) is 0 Å². The number of amides is 1. The van der Waals surface area contributed by atoms with Gasteiger partial charge in [0, 0.05) is 18.8 Å². The minimum Gasteiger partial charge on any atom is -0.465 e. The Labute approximate surface area is 192 Å². The van der Waals surface area contributed by atoms with Gasteiger partial charge in [0.25, 0.3) is 5.91 Å². The summed E-state index contributed by atoms with van der Waals surface area (Å²) in [5.41, 5.74) is 1.99. The second kappa shape index (κ2) is 11.0. The third-order valence-corrected chi connectivity index (χ3v) is 6.90. The number of ether oxygens (including phenoxy) is 2. The van der Waals surface area contributed by atoms with Gasteiger partial charge in [-0.25, -0.2) is 13.2 Å². The smallest absolute Gasteiger partial charge is 0.337 e. The molecule has 2 aromatic rings. The van der Waals surface area contributed by atoms with Gasteiger partial charge in [-0.2, -0.15) is 4.31 Å². The monoisotopic (exact) mass is 475 g/mol. The van der Waals surface area contributed by atoms with E-state index in [-0.39, 0.29) is 24.6 Å². The minimum atomic E-state index is -3.69. The van der Waals surface area contributed by atoms with Crippen molar-refractivity contribution in [3.05, 3.63) is 59.2 Å². The maximum Gasteiger partial charge on any atom is 0.337 e. The molecular weight excluding hydrogens is 450 g/mol. The van der Waals surface area contributed by atoms with Crippen LogP contribution in [0.25, 0.3) is 0 Å². The van der Waals surface area contributed by atoms with Gasteiger partial charge in [0.1, 0.15) is 0 Å². The van der Waals surface area contributed by atoms with Crippen molar-refractivity contribution in [3.8, 4) is 0 Å². The lowest BCUT2D eigenvalue weighted by Crippen LogP contribution is -2.40. The van der Waals surface area contributed by atoms with Gasteiger partial charge >= 0.3 is 5.97 Å². The summed E-state index contributed by atoms with van der Waals surface area (Å²) in [6.07, 6.45) is 1.40. The van der Waals surface area contributed by atoms with Crippen molar-refractivity contribution in [2.24, 2.45) is 5.16 Å². The van der Waals surface area contributed by atoms with Crippen molar-refractivity contribution in [2.75, 3.05) is 45.3 Å². The van der Waals surface area contributed by atoms with Crippen molar-refractivity contribution in [1.82, 2.24) is 4.31 Å². The van der Waals surface area contributed by atoms with Gasteiger partial charge in [-0.3, -0.25) is 4.79 Å². The summed E-state index contributed by atoms with van der Waals surface area (Å²) in [6.45, 7) is 2.61. The standard InChI is InChI=1S/C22H25N3O7S/c1-16-3-8-19(13-20(16)33(28,29)25-9-11-31-12-10-25)24-21(26)15-32-23-14-17-4-6-18(7-5-17)22(27)30-2/h3-8,13-14H,9-12,15H2,1-2H3,(H,24,26)/b23-14+. The fourth-order valence-corrected chi connectivity index (χ4v) is 4.75. The van der Waals surface area contributed by atoms with E-state index in [9.17, 15) is 18.0 Å². The van der Waals surface area contributed by atoms with Crippen LogP contribution < -0.4 is 5.32 Å². The molecule has 0 unspecified atom stereocenters. The number of morpholine rings is 1. The first-order valence-electron chi connectivity index (χ1n) is 10.1. The number of esters is 1. The van der Waals surface area contributed by atoms with Crippen LogP contribution in [0.15, 0.2) is 52.5 Å². The molecule has 1 N–H and O–H groups in total. The Bertz CT molecular complexity index is 1130. The first kappa shape index (κ1) is 24.4. The van der Waals surface area contributed by atoms with E-state index < -0.39 is 21.9 Å². The molecule has 2 aromatic carbocycles. The van der Waals surface area contributed by atoms with Crippen LogP contribution in [-0.2, 0) is 29.1 Å². The van der Waals surface area contributed by atoms with Gasteiger partial charge in [0.05, 0.1) is 37.0 Å². The highest BCUT2D eigenvalue weighted by atomic mass is 32.2. The van der Waals surface area contributed by atoms with Crippen molar-refractivity contribution >= 4 is 33.8 Å². The fraction of sp³-hybridized carbons (Fsp3) is 0.318. The molecule has 1 amide bonds. The normalized spacial score (nSPS) is 14.7. The van der Waals surface area contributed by atoms with Crippen molar-refractivity contribution in [2.45, 2.75) is 11.8 Å². The molecule has 1 fully saturated rings. The van der Waals surface area contributed by atoms with Crippen LogP contribution in [0.1, 0.15) is 21.5 Å². The summed E-state index contributed by atoms with van der Waals surface area (Å²) in [4.78, 5) is 28.8. The van der Waals surface area contributed by atoms with Crippen LogP contribution in [0.2, 0.25) is 0 Å². The predicted octanol–water partition coefficient (Wildman–Crippen LogP) is 1.79. The Morgan fingerprint density at radius 1 is 1.15 bits per heavy atom. The lowest BCUT2D eigenvalue weighted by atomic mass is 10.1. The van der Waals surface area contributed by atoms with Gasteiger partial charge < -0.3 is 19.6 Å². The minimum absolute atomic E-state index is 0.136. The largest absolute Gasteiger partial charge is 0.465 e. The summed E-state index contributed by atoms with van der Waals surface area (Å²) in [5, 5.41) is 6.35. The molecule has 1 aliphatic rings. The highest BCUT2D eigenvalue weighted by Crippen LogP contribution is 2.24. The summed E-state index contributed by atoms with van der Waals surface area (Å²) < 4.78 is 37.1. The Balaban J connectivity index is 1.56. The van der Waals surface area contributed by atoms with Crippen LogP contribution in [0.3, 0.4) is 0 Å². The van der Waals surface area contributed by atoms with Crippen molar-refractivity contribution < 1.29 is 32.3 Å². The molecule has 3 rings (SSSR count). The predicted molar refractivity (Wildman–Crippen MR) is 121 cm³/mol.